The number of nitrogens with one attached hydrogen (secondary N) is 1. The SMILES string of the molecule is CCCOc1cccc(C=NNc2cccc(C(=O)O)c2)c1. The summed E-state index contributed by atoms with van der Waals surface area (Å²) < 4.78 is 5.56. The van der Waals surface area contributed by atoms with Gasteiger partial charge in [0.05, 0.1) is 24.1 Å². The van der Waals surface area contributed by atoms with Crippen molar-refractivity contribution in [1.82, 2.24) is 0 Å². The Labute approximate surface area is 129 Å². The summed E-state index contributed by atoms with van der Waals surface area (Å²) in [5, 5.41) is 13.0. The molecule has 0 heterocycles. The molecule has 114 valence electrons. The molecule has 2 N–H and O–H groups in total. The molecule has 2 aromatic carbocycles. The van der Waals surface area contributed by atoms with Crippen LogP contribution in [-0.4, -0.2) is 23.9 Å². The van der Waals surface area contributed by atoms with Gasteiger partial charge in [-0.25, -0.2) is 4.79 Å². The topological polar surface area (TPSA) is 70.9 Å². The summed E-state index contributed by atoms with van der Waals surface area (Å²) in [5.41, 5.74) is 4.55. The van der Waals surface area contributed by atoms with E-state index in [9.17, 15) is 4.79 Å². The molecule has 2 aromatic rings. The highest BCUT2D eigenvalue weighted by atomic mass is 16.5. The second-order valence-electron chi connectivity index (χ2n) is 4.68. The van der Waals surface area contributed by atoms with Gasteiger partial charge in [-0.05, 0) is 42.3 Å². The Morgan fingerprint density at radius 2 is 2.09 bits per heavy atom. The third-order valence-corrected chi connectivity index (χ3v) is 2.85. The van der Waals surface area contributed by atoms with Crippen molar-refractivity contribution in [2.24, 2.45) is 5.10 Å². The Hall–Kier alpha value is -2.82. The van der Waals surface area contributed by atoms with Gasteiger partial charge in [0.25, 0.3) is 0 Å². The molecule has 0 aromatic heterocycles. The lowest BCUT2D eigenvalue weighted by Crippen LogP contribution is -1.98. The normalized spacial score (nSPS) is 10.6. The molecule has 0 saturated carbocycles. The third kappa shape index (κ3) is 4.63. The smallest absolute Gasteiger partial charge is 0.335 e. The number of carbonyl (C=O) groups is 1. The summed E-state index contributed by atoms with van der Waals surface area (Å²) in [6, 6.07) is 14.1. The Morgan fingerprint density at radius 1 is 1.27 bits per heavy atom. The van der Waals surface area contributed by atoms with Crippen LogP contribution in [0.2, 0.25) is 0 Å². The number of carboxylic acids is 1. The monoisotopic (exact) mass is 298 g/mol. The number of hydrazone groups is 1. The number of aromatic carboxylic acids is 1. The molecule has 0 spiro atoms. The fraction of sp³-hybridized carbons (Fsp3) is 0.176. The van der Waals surface area contributed by atoms with E-state index in [1.54, 1.807) is 18.3 Å². The maximum absolute atomic E-state index is 10.9. The minimum absolute atomic E-state index is 0.218. The predicted octanol–water partition coefficient (Wildman–Crippen LogP) is 3.62. The van der Waals surface area contributed by atoms with E-state index < -0.39 is 5.97 Å². The van der Waals surface area contributed by atoms with E-state index in [0.717, 1.165) is 17.7 Å². The Morgan fingerprint density at radius 3 is 2.86 bits per heavy atom. The van der Waals surface area contributed by atoms with Gasteiger partial charge in [0.2, 0.25) is 0 Å². The summed E-state index contributed by atoms with van der Waals surface area (Å²) in [4.78, 5) is 10.9. The van der Waals surface area contributed by atoms with Gasteiger partial charge >= 0.3 is 5.97 Å². The lowest BCUT2D eigenvalue weighted by Gasteiger charge is -2.05. The van der Waals surface area contributed by atoms with Crippen LogP contribution in [0.5, 0.6) is 5.75 Å². The van der Waals surface area contributed by atoms with E-state index in [1.165, 1.54) is 12.1 Å². The lowest BCUT2D eigenvalue weighted by molar-refractivity contribution is 0.0697. The van der Waals surface area contributed by atoms with Crippen LogP contribution in [0.25, 0.3) is 0 Å². The van der Waals surface area contributed by atoms with E-state index in [1.807, 2.05) is 24.3 Å². The van der Waals surface area contributed by atoms with Gasteiger partial charge < -0.3 is 9.84 Å². The molecule has 0 atom stereocenters. The minimum Gasteiger partial charge on any atom is -0.494 e. The molecule has 0 unspecified atom stereocenters. The first kappa shape index (κ1) is 15.6. The molecular weight excluding hydrogens is 280 g/mol. The van der Waals surface area contributed by atoms with Crippen molar-refractivity contribution in [3.05, 3.63) is 59.7 Å². The number of carboxylic acid groups (broad SMARTS) is 1. The fourth-order valence-electron chi connectivity index (χ4n) is 1.81. The summed E-state index contributed by atoms with van der Waals surface area (Å²) in [6.45, 7) is 2.74. The lowest BCUT2D eigenvalue weighted by atomic mass is 10.2. The number of ether oxygens (including phenoxy) is 1. The van der Waals surface area contributed by atoms with Crippen LogP contribution in [-0.2, 0) is 0 Å². The van der Waals surface area contributed by atoms with E-state index in [2.05, 4.69) is 17.5 Å². The number of hydrogen-bond donors (Lipinski definition) is 2. The molecular formula is C17H18N2O3. The zero-order valence-corrected chi connectivity index (χ0v) is 12.3. The van der Waals surface area contributed by atoms with Crippen molar-refractivity contribution in [3.8, 4) is 5.75 Å². The standard InChI is InChI=1S/C17H18N2O3/c1-2-9-22-16-8-3-5-13(10-16)12-18-19-15-7-4-6-14(11-15)17(20)21/h3-8,10-12,19H,2,9H2,1H3,(H,20,21). The van der Waals surface area contributed by atoms with E-state index in [0.29, 0.717) is 12.3 Å². The highest BCUT2D eigenvalue weighted by Gasteiger charge is 2.02. The van der Waals surface area contributed by atoms with Crippen molar-refractivity contribution >= 4 is 17.9 Å². The van der Waals surface area contributed by atoms with Crippen LogP contribution in [0.3, 0.4) is 0 Å². The molecule has 0 aliphatic heterocycles. The Kier molecular flexibility index (Phi) is 5.54. The van der Waals surface area contributed by atoms with Gasteiger partial charge in [-0.3, -0.25) is 5.43 Å². The molecule has 2 rings (SSSR count). The molecule has 22 heavy (non-hydrogen) atoms. The van der Waals surface area contributed by atoms with Crippen LogP contribution in [0.1, 0.15) is 29.3 Å². The maximum atomic E-state index is 10.9. The zero-order chi connectivity index (χ0) is 15.8. The minimum atomic E-state index is -0.964. The Bertz CT molecular complexity index is 668. The molecule has 0 aliphatic rings. The van der Waals surface area contributed by atoms with E-state index in [-0.39, 0.29) is 5.56 Å². The molecule has 5 heteroatoms. The Balaban J connectivity index is 2.00. The summed E-state index contributed by atoms with van der Waals surface area (Å²) in [7, 11) is 0. The molecule has 0 aliphatic carbocycles. The average molecular weight is 298 g/mol. The molecule has 5 nitrogen and oxygen atoms in total. The van der Waals surface area contributed by atoms with Gasteiger partial charge in [-0.1, -0.05) is 25.1 Å². The molecule has 0 radical (unpaired) electrons. The number of anilines is 1. The van der Waals surface area contributed by atoms with Crippen LogP contribution in [0.15, 0.2) is 53.6 Å². The average Bonchev–Trinajstić information content (AvgIpc) is 2.53. The first-order valence-electron chi connectivity index (χ1n) is 7.04. The number of hydrogen-bond acceptors (Lipinski definition) is 4. The van der Waals surface area contributed by atoms with Crippen molar-refractivity contribution < 1.29 is 14.6 Å². The van der Waals surface area contributed by atoms with Crippen molar-refractivity contribution in [3.63, 3.8) is 0 Å². The van der Waals surface area contributed by atoms with Gasteiger partial charge in [0, 0.05) is 0 Å². The van der Waals surface area contributed by atoms with Crippen LogP contribution in [0, 0.1) is 0 Å². The second kappa shape index (κ2) is 7.83. The number of nitrogens with zero attached hydrogens (tertiary/aromatic N) is 1. The number of benzene rings is 2. The van der Waals surface area contributed by atoms with Gasteiger partial charge in [-0.2, -0.15) is 5.10 Å². The summed E-state index contributed by atoms with van der Waals surface area (Å²) in [6.07, 6.45) is 2.62. The van der Waals surface area contributed by atoms with Crippen molar-refractivity contribution in [2.45, 2.75) is 13.3 Å². The maximum Gasteiger partial charge on any atom is 0.335 e. The van der Waals surface area contributed by atoms with E-state index in [4.69, 9.17) is 9.84 Å². The van der Waals surface area contributed by atoms with E-state index >= 15 is 0 Å². The molecule has 0 amide bonds. The highest BCUT2D eigenvalue weighted by molar-refractivity contribution is 5.88. The quantitative estimate of drug-likeness (QED) is 0.605. The fourth-order valence-corrected chi connectivity index (χ4v) is 1.81. The van der Waals surface area contributed by atoms with Crippen LogP contribution in [0.4, 0.5) is 5.69 Å². The van der Waals surface area contributed by atoms with Gasteiger partial charge in [0.15, 0.2) is 0 Å². The van der Waals surface area contributed by atoms with Crippen molar-refractivity contribution in [1.29, 1.82) is 0 Å². The first-order valence-corrected chi connectivity index (χ1v) is 7.04. The summed E-state index contributed by atoms with van der Waals surface area (Å²) >= 11 is 0. The zero-order valence-electron chi connectivity index (χ0n) is 12.3. The third-order valence-electron chi connectivity index (χ3n) is 2.85. The van der Waals surface area contributed by atoms with Gasteiger partial charge in [-0.15, -0.1) is 0 Å². The van der Waals surface area contributed by atoms with Crippen molar-refractivity contribution in [2.75, 3.05) is 12.0 Å². The van der Waals surface area contributed by atoms with Crippen LogP contribution < -0.4 is 10.2 Å². The summed E-state index contributed by atoms with van der Waals surface area (Å²) in [5.74, 6) is -0.160. The van der Waals surface area contributed by atoms with Gasteiger partial charge in [0.1, 0.15) is 5.75 Å². The molecule has 0 fully saturated rings. The predicted molar refractivity (Wildman–Crippen MR) is 86.8 cm³/mol. The first-order chi connectivity index (χ1) is 10.7. The largest absolute Gasteiger partial charge is 0.494 e. The molecule has 0 saturated heterocycles. The van der Waals surface area contributed by atoms with Crippen LogP contribution >= 0.6 is 0 Å². The molecule has 0 bridgehead atoms. The highest BCUT2D eigenvalue weighted by Crippen LogP contribution is 2.13. The number of rotatable bonds is 7. The second-order valence-corrected chi connectivity index (χ2v) is 4.68.